The van der Waals surface area contributed by atoms with Crippen LogP contribution < -0.4 is 4.90 Å². The minimum absolute atomic E-state index is 0.243. The molecule has 17 heavy (non-hydrogen) atoms. The van der Waals surface area contributed by atoms with Crippen molar-refractivity contribution in [1.82, 2.24) is 0 Å². The van der Waals surface area contributed by atoms with Crippen LogP contribution in [0.4, 0.5) is 0 Å². The van der Waals surface area contributed by atoms with Gasteiger partial charge in [-0.1, -0.05) is 37.3 Å². The van der Waals surface area contributed by atoms with Crippen molar-refractivity contribution in [2.45, 2.75) is 19.9 Å². The van der Waals surface area contributed by atoms with Gasteiger partial charge in [-0.3, -0.25) is 0 Å². The Labute approximate surface area is 104 Å². The van der Waals surface area contributed by atoms with Gasteiger partial charge in [-0.15, -0.1) is 0 Å². The number of hydrogen-bond acceptors (Lipinski definition) is 3. The van der Waals surface area contributed by atoms with Crippen LogP contribution >= 0.6 is 0 Å². The zero-order valence-corrected chi connectivity index (χ0v) is 11.5. The fraction of sp³-hybridized carbons (Fsp3) is 0.500. The molecule has 4 nitrogen and oxygen atoms in total. The summed E-state index contributed by atoms with van der Waals surface area (Å²) in [5.41, 5.74) is 1.41. The lowest BCUT2D eigenvalue weighted by atomic mass is 10.2. The van der Waals surface area contributed by atoms with E-state index in [1.54, 1.807) is 6.92 Å². The lowest BCUT2D eigenvalue weighted by Crippen LogP contribution is -3.04. The van der Waals surface area contributed by atoms with Crippen LogP contribution in [-0.2, 0) is 16.7 Å². The van der Waals surface area contributed by atoms with Gasteiger partial charge in [-0.05, 0) is 6.42 Å². The van der Waals surface area contributed by atoms with Crippen LogP contribution in [0, 0.1) is 0 Å². The Morgan fingerprint density at radius 3 is 2.00 bits per heavy atom. The molecule has 1 N–H and O–H groups in total. The van der Waals surface area contributed by atoms with E-state index in [2.05, 4.69) is 44.4 Å². The first kappa shape index (κ1) is 16.1. The summed E-state index contributed by atoms with van der Waals surface area (Å²) in [5, 5.41) is 0. The van der Waals surface area contributed by atoms with Gasteiger partial charge in [0.15, 0.2) is 0 Å². The number of benzene rings is 1. The average molecular weight is 259 g/mol. The summed E-state index contributed by atoms with van der Waals surface area (Å²) in [6.45, 7) is 2.76. The molecular weight excluding hydrogens is 238 g/mol. The molecule has 0 saturated heterocycles. The predicted octanol–water partition coefficient (Wildman–Crippen LogP) is 0.273. The molecule has 1 aromatic carbocycles. The number of quaternary nitrogens is 1. The third-order valence-corrected chi connectivity index (χ3v) is 2.76. The van der Waals surface area contributed by atoms with E-state index in [1.165, 1.54) is 10.5 Å². The maximum Gasteiger partial charge on any atom is 0.102 e. The standard InChI is InChI=1S/C9H13N.C3H8O3S/c1-10(2)8-9-6-4-3-5-7-9;1-2-3-7(4,5)6/h3-7H,8H2,1-2H3;2-3H2,1H3,(H,4,5,6). The molecule has 0 aliphatic rings. The van der Waals surface area contributed by atoms with Gasteiger partial charge < -0.3 is 9.45 Å². The molecule has 0 atom stereocenters. The van der Waals surface area contributed by atoms with Crippen molar-refractivity contribution in [2.75, 3.05) is 19.8 Å². The van der Waals surface area contributed by atoms with Crippen molar-refractivity contribution >= 4 is 10.1 Å². The first-order valence-corrected chi connectivity index (χ1v) is 7.19. The normalized spacial score (nSPS) is 10.9. The van der Waals surface area contributed by atoms with Crippen molar-refractivity contribution < 1.29 is 17.9 Å². The Morgan fingerprint density at radius 1 is 1.18 bits per heavy atom. The van der Waals surface area contributed by atoms with E-state index in [0.29, 0.717) is 6.42 Å². The van der Waals surface area contributed by atoms with E-state index in [9.17, 15) is 13.0 Å². The Kier molecular flexibility index (Phi) is 7.78. The van der Waals surface area contributed by atoms with Gasteiger partial charge in [0.1, 0.15) is 6.54 Å². The Hall–Kier alpha value is -0.910. The fourth-order valence-corrected chi connectivity index (χ4v) is 1.75. The van der Waals surface area contributed by atoms with Crippen LogP contribution in [0.1, 0.15) is 18.9 Å². The maximum absolute atomic E-state index is 9.68. The van der Waals surface area contributed by atoms with Crippen LogP contribution in [-0.4, -0.2) is 32.8 Å². The van der Waals surface area contributed by atoms with Crippen LogP contribution in [0.5, 0.6) is 0 Å². The quantitative estimate of drug-likeness (QED) is 0.790. The SMILES string of the molecule is CCCS(=O)(=O)[O-].C[NH+](C)Cc1ccccc1. The summed E-state index contributed by atoms with van der Waals surface area (Å²) in [7, 11) is 0.395. The van der Waals surface area contributed by atoms with Crippen molar-refractivity contribution in [3.63, 3.8) is 0 Å². The molecule has 0 saturated carbocycles. The predicted molar refractivity (Wildman–Crippen MR) is 67.8 cm³/mol. The molecule has 0 bridgehead atoms. The lowest BCUT2D eigenvalue weighted by Gasteiger charge is -2.05. The van der Waals surface area contributed by atoms with Crippen molar-refractivity contribution in [3.8, 4) is 0 Å². The monoisotopic (exact) mass is 259 g/mol. The van der Waals surface area contributed by atoms with Crippen molar-refractivity contribution in [2.24, 2.45) is 0 Å². The zero-order valence-electron chi connectivity index (χ0n) is 10.6. The summed E-state index contributed by atoms with van der Waals surface area (Å²) in [4.78, 5) is 1.46. The third-order valence-electron chi connectivity index (χ3n) is 1.85. The van der Waals surface area contributed by atoms with Crippen molar-refractivity contribution in [3.05, 3.63) is 35.9 Å². The van der Waals surface area contributed by atoms with E-state index in [-0.39, 0.29) is 5.75 Å². The van der Waals surface area contributed by atoms with Gasteiger partial charge in [0.05, 0.1) is 24.2 Å². The van der Waals surface area contributed by atoms with Crippen LogP contribution in [0.2, 0.25) is 0 Å². The molecule has 1 aromatic rings. The largest absolute Gasteiger partial charge is 0.748 e. The summed E-state index contributed by atoms with van der Waals surface area (Å²) in [5.74, 6) is -0.243. The summed E-state index contributed by atoms with van der Waals surface area (Å²) in [6, 6.07) is 10.5. The van der Waals surface area contributed by atoms with Crippen molar-refractivity contribution in [1.29, 1.82) is 0 Å². The highest BCUT2D eigenvalue weighted by molar-refractivity contribution is 7.85. The highest BCUT2D eigenvalue weighted by Gasteiger charge is 1.93. The Morgan fingerprint density at radius 2 is 1.71 bits per heavy atom. The second kappa shape index (κ2) is 8.22. The van der Waals surface area contributed by atoms with E-state index in [1.807, 2.05) is 0 Å². The lowest BCUT2D eigenvalue weighted by molar-refractivity contribution is -0.872. The van der Waals surface area contributed by atoms with Crippen LogP contribution in [0.25, 0.3) is 0 Å². The van der Waals surface area contributed by atoms with E-state index in [0.717, 1.165) is 6.54 Å². The summed E-state index contributed by atoms with van der Waals surface area (Å²) in [6.07, 6.45) is 0.409. The maximum atomic E-state index is 9.68. The molecule has 0 aliphatic carbocycles. The van der Waals surface area contributed by atoms with E-state index >= 15 is 0 Å². The topological polar surface area (TPSA) is 61.6 Å². The Balaban J connectivity index is 0.000000325. The molecule has 0 radical (unpaired) electrons. The molecule has 5 heteroatoms. The highest BCUT2D eigenvalue weighted by Crippen LogP contribution is 1.94. The summed E-state index contributed by atoms with van der Waals surface area (Å²) >= 11 is 0. The van der Waals surface area contributed by atoms with Gasteiger partial charge in [0.25, 0.3) is 0 Å². The minimum Gasteiger partial charge on any atom is -0.748 e. The van der Waals surface area contributed by atoms with Gasteiger partial charge >= 0.3 is 0 Å². The highest BCUT2D eigenvalue weighted by atomic mass is 32.2. The molecule has 0 spiro atoms. The second-order valence-corrected chi connectivity index (χ2v) is 5.65. The molecule has 0 fully saturated rings. The molecule has 0 heterocycles. The van der Waals surface area contributed by atoms with Gasteiger partial charge in [0.2, 0.25) is 0 Å². The molecular formula is C12H21NO3S. The number of rotatable bonds is 4. The average Bonchev–Trinajstić information content (AvgIpc) is 2.17. The van der Waals surface area contributed by atoms with Gasteiger partial charge in [-0.25, -0.2) is 8.42 Å². The van der Waals surface area contributed by atoms with E-state index in [4.69, 9.17) is 0 Å². The molecule has 1 rings (SSSR count). The minimum atomic E-state index is -3.92. The molecule has 98 valence electrons. The molecule has 0 aliphatic heterocycles. The first-order chi connectivity index (χ1) is 7.85. The van der Waals surface area contributed by atoms with Gasteiger partial charge in [0, 0.05) is 11.3 Å². The van der Waals surface area contributed by atoms with Crippen LogP contribution in [0.3, 0.4) is 0 Å². The molecule has 0 amide bonds. The molecule has 0 unspecified atom stereocenters. The fourth-order valence-electron chi connectivity index (χ4n) is 1.25. The van der Waals surface area contributed by atoms with E-state index < -0.39 is 10.1 Å². The summed E-state index contributed by atoms with van der Waals surface area (Å²) < 4.78 is 29.0. The smallest absolute Gasteiger partial charge is 0.102 e. The van der Waals surface area contributed by atoms with Crippen LogP contribution in [0.15, 0.2) is 30.3 Å². The number of hydrogen-bond donors (Lipinski definition) is 1. The first-order valence-electron chi connectivity index (χ1n) is 5.61. The Bertz CT molecular complexity index is 387. The zero-order chi connectivity index (χ0) is 13.3. The van der Waals surface area contributed by atoms with Gasteiger partial charge in [-0.2, -0.15) is 0 Å². The third kappa shape index (κ3) is 11.4. The number of nitrogens with one attached hydrogen (secondary N) is 1. The second-order valence-electron chi connectivity index (χ2n) is 4.13. The molecule has 0 aromatic heterocycles.